The molecule has 36 heavy (non-hydrogen) atoms. The number of aliphatic hydroxyl groups excluding tert-OH is 1. The lowest BCUT2D eigenvalue weighted by Crippen LogP contribution is -2.38. The quantitative estimate of drug-likeness (QED) is 0.489. The van der Waals surface area contributed by atoms with Gasteiger partial charge in [-0.05, 0) is 76.7 Å². The van der Waals surface area contributed by atoms with E-state index in [1.54, 1.807) is 7.11 Å². The molecule has 0 aromatic carbocycles. The predicted octanol–water partition coefficient (Wildman–Crippen LogP) is 3.73. The zero-order valence-corrected chi connectivity index (χ0v) is 21.6. The average Bonchev–Trinajstić information content (AvgIpc) is 3.24. The number of nitrogens with one attached hydrogen (secondary N) is 1. The van der Waals surface area contributed by atoms with E-state index in [4.69, 9.17) is 14.6 Å². The van der Waals surface area contributed by atoms with Crippen molar-refractivity contribution in [2.45, 2.75) is 69.6 Å². The molecular formula is C27H38N6O3. The maximum Gasteiger partial charge on any atom is 0.241 e. The van der Waals surface area contributed by atoms with Gasteiger partial charge in [0.25, 0.3) is 0 Å². The molecule has 0 bridgehead atoms. The SMILES string of the molecule is COC[C@H](C)Nc1ncc2c(-c3ccnc(O[C@H]4CCCN(C)C4)c3)cc([C@H]3CC[C@H](O)CC3)n2n1. The summed E-state index contributed by atoms with van der Waals surface area (Å²) in [7, 11) is 3.83. The van der Waals surface area contributed by atoms with Gasteiger partial charge < -0.3 is 24.8 Å². The van der Waals surface area contributed by atoms with Crippen LogP contribution in [0.5, 0.6) is 5.88 Å². The van der Waals surface area contributed by atoms with E-state index in [2.05, 4.69) is 33.3 Å². The number of aromatic nitrogens is 4. The van der Waals surface area contributed by atoms with Gasteiger partial charge in [0.15, 0.2) is 0 Å². The number of ether oxygens (including phenoxy) is 2. The summed E-state index contributed by atoms with van der Waals surface area (Å²) in [6, 6.07) is 6.39. The van der Waals surface area contributed by atoms with Crippen LogP contribution >= 0.6 is 0 Å². The van der Waals surface area contributed by atoms with E-state index in [1.807, 2.05) is 36.0 Å². The molecule has 0 spiro atoms. The Morgan fingerprint density at radius 2 is 2.00 bits per heavy atom. The fourth-order valence-electron chi connectivity index (χ4n) is 5.51. The third-order valence-electron chi connectivity index (χ3n) is 7.37. The first-order valence-corrected chi connectivity index (χ1v) is 13.1. The Morgan fingerprint density at radius 1 is 1.17 bits per heavy atom. The van der Waals surface area contributed by atoms with Gasteiger partial charge in [0.2, 0.25) is 11.8 Å². The number of hydrogen-bond donors (Lipinski definition) is 2. The lowest BCUT2D eigenvalue weighted by atomic mass is 9.85. The number of rotatable bonds is 8. The first-order chi connectivity index (χ1) is 17.5. The van der Waals surface area contributed by atoms with Crippen LogP contribution in [0.15, 0.2) is 30.6 Å². The number of hydrogen-bond acceptors (Lipinski definition) is 8. The van der Waals surface area contributed by atoms with Crippen molar-refractivity contribution < 1.29 is 14.6 Å². The van der Waals surface area contributed by atoms with E-state index in [0.717, 1.165) is 74.0 Å². The van der Waals surface area contributed by atoms with Crippen LogP contribution in [-0.2, 0) is 4.74 Å². The Morgan fingerprint density at radius 3 is 2.78 bits per heavy atom. The molecule has 5 rings (SSSR count). The van der Waals surface area contributed by atoms with E-state index in [1.165, 1.54) is 0 Å². The van der Waals surface area contributed by atoms with Crippen LogP contribution in [0.25, 0.3) is 16.6 Å². The topological polar surface area (TPSA) is 97.0 Å². The summed E-state index contributed by atoms with van der Waals surface area (Å²) < 4.78 is 13.6. The number of methoxy groups -OCH3 is 1. The van der Waals surface area contributed by atoms with E-state index in [0.29, 0.717) is 24.4 Å². The number of likely N-dealkylation sites (N-methyl/N-ethyl adjacent to an activating group) is 1. The molecule has 2 aliphatic rings. The Kier molecular flexibility index (Phi) is 7.69. The van der Waals surface area contributed by atoms with E-state index in [-0.39, 0.29) is 18.2 Å². The minimum absolute atomic E-state index is 0.0921. The van der Waals surface area contributed by atoms with E-state index >= 15 is 0 Å². The molecule has 1 aliphatic carbocycles. The molecule has 3 aromatic heterocycles. The number of aliphatic hydroxyl groups is 1. The van der Waals surface area contributed by atoms with Crippen molar-refractivity contribution >= 4 is 11.5 Å². The molecule has 3 aromatic rings. The monoisotopic (exact) mass is 494 g/mol. The Hall–Kier alpha value is -2.75. The second kappa shape index (κ2) is 11.1. The number of anilines is 1. The zero-order valence-electron chi connectivity index (χ0n) is 21.6. The molecule has 9 heteroatoms. The normalized spacial score (nSPS) is 24.1. The molecular weight excluding hydrogens is 456 g/mol. The average molecular weight is 495 g/mol. The van der Waals surface area contributed by atoms with Crippen LogP contribution < -0.4 is 10.1 Å². The molecule has 0 radical (unpaired) electrons. The third-order valence-corrected chi connectivity index (χ3v) is 7.37. The summed E-state index contributed by atoms with van der Waals surface area (Å²) in [5.41, 5.74) is 4.22. The molecule has 1 saturated heterocycles. The molecule has 2 fully saturated rings. The van der Waals surface area contributed by atoms with Gasteiger partial charge in [-0.2, -0.15) is 0 Å². The largest absolute Gasteiger partial charge is 0.473 e. The second-order valence-corrected chi connectivity index (χ2v) is 10.4. The van der Waals surface area contributed by atoms with Crippen LogP contribution in [-0.4, -0.2) is 81.7 Å². The molecule has 2 atom stereocenters. The highest BCUT2D eigenvalue weighted by Crippen LogP contribution is 2.38. The molecule has 1 aliphatic heterocycles. The van der Waals surface area contributed by atoms with Crippen molar-refractivity contribution in [3.05, 3.63) is 36.3 Å². The number of pyridine rings is 1. The van der Waals surface area contributed by atoms with Gasteiger partial charge in [0.1, 0.15) is 6.10 Å². The molecule has 4 heterocycles. The van der Waals surface area contributed by atoms with Gasteiger partial charge in [0.05, 0.1) is 24.4 Å². The lowest BCUT2D eigenvalue weighted by Gasteiger charge is -2.29. The first-order valence-electron chi connectivity index (χ1n) is 13.1. The highest BCUT2D eigenvalue weighted by Gasteiger charge is 2.26. The van der Waals surface area contributed by atoms with Crippen LogP contribution in [0.1, 0.15) is 57.1 Å². The van der Waals surface area contributed by atoms with E-state index < -0.39 is 0 Å². The number of piperidine rings is 1. The summed E-state index contributed by atoms with van der Waals surface area (Å²) in [4.78, 5) is 11.4. The lowest BCUT2D eigenvalue weighted by molar-refractivity contribution is 0.100. The number of likely N-dealkylation sites (tertiary alicyclic amines) is 1. The van der Waals surface area contributed by atoms with Crippen molar-refractivity contribution in [2.24, 2.45) is 0 Å². The maximum atomic E-state index is 10.1. The first kappa shape index (κ1) is 24.9. The van der Waals surface area contributed by atoms with Crippen LogP contribution in [0.2, 0.25) is 0 Å². The molecule has 0 unspecified atom stereocenters. The summed E-state index contributed by atoms with van der Waals surface area (Å²) in [5, 5.41) is 18.3. The molecule has 194 valence electrons. The fourth-order valence-corrected chi connectivity index (χ4v) is 5.51. The maximum absolute atomic E-state index is 10.1. The molecule has 1 saturated carbocycles. The highest BCUT2D eigenvalue weighted by atomic mass is 16.5. The van der Waals surface area contributed by atoms with Crippen molar-refractivity contribution in [1.29, 1.82) is 0 Å². The van der Waals surface area contributed by atoms with Crippen molar-refractivity contribution in [1.82, 2.24) is 24.5 Å². The van der Waals surface area contributed by atoms with Gasteiger partial charge in [0, 0.05) is 49.1 Å². The summed E-state index contributed by atoms with van der Waals surface area (Å²) >= 11 is 0. The van der Waals surface area contributed by atoms with Crippen molar-refractivity contribution in [3.63, 3.8) is 0 Å². The van der Waals surface area contributed by atoms with Gasteiger partial charge in [-0.25, -0.2) is 14.5 Å². The summed E-state index contributed by atoms with van der Waals surface area (Å²) in [6.07, 6.45) is 9.38. The third kappa shape index (κ3) is 5.63. The summed E-state index contributed by atoms with van der Waals surface area (Å²) in [5.74, 6) is 1.57. The molecule has 2 N–H and O–H groups in total. The van der Waals surface area contributed by atoms with Crippen LogP contribution in [0.3, 0.4) is 0 Å². The van der Waals surface area contributed by atoms with Gasteiger partial charge in [-0.15, -0.1) is 5.10 Å². The highest BCUT2D eigenvalue weighted by molar-refractivity contribution is 5.81. The smallest absolute Gasteiger partial charge is 0.241 e. The van der Waals surface area contributed by atoms with Crippen LogP contribution in [0, 0.1) is 0 Å². The van der Waals surface area contributed by atoms with Crippen LogP contribution in [0.4, 0.5) is 5.95 Å². The molecule has 0 amide bonds. The number of fused-ring (bicyclic) bond motifs is 1. The van der Waals surface area contributed by atoms with Gasteiger partial charge in [-0.1, -0.05) is 0 Å². The Labute approximate surface area is 212 Å². The van der Waals surface area contributed by atoms with E-state index in [9.17, 15) is 5.11 Å². The standard InChI is InChI=1S/C27H38N6O3/c1-18(17-35-3)30-27-29-15-25-23(14-24(33(25)31-27)19-6-8-21(34)9-7-19)20-10-11-28-26(13-20)36-22-5-4-12-32(2)16-22/h10-11,13-15,18-19,21-22,34H,4-9,12,16-17H2,1-3H3,(H,30,31)/t18-,19-,21-,22-/m0/s1. The minimum atomic E-state index is -0.201. The summed E-state index contributed by atoms with van der Waals surface area (Å²) in [6.45, 7) is 4.66. The van der Waals surface area contributed by atoms with Crippen molar-refractivity contribution in [3.8, 4) is 17.0 Å². The zero-order chi connectivity index (χ0) is 25.1. The fraction of sp³-hybridized carbons (Fsp3) is 0.593. The minimum Gasteiger partial charge on any atom is -0.473 e. The Balaban J connectivity index is 1.48. The second-order valence-electron chi connectivity index (χ2n) is 10.4. The molecule has 9 nitrogen and oxygen atoms in total. The Bertz CT molecular complexity index is 1160. The number of nitrogens with zero attached hydrogens (tertiary/aromatic N) is 5. The van der Waals surface area contributed by atoms with Crippen molar-refractivity contribution in [2.75, 3.05) is 39.2 Å². The predicted molar refractivity (Wildman–Crippen MR) is 140 cm³/mol. The van der Waals surface area contributed by atoms with Gasteiger partial charge in [-0.3, -0.25) is 0 Å². The van der Waals surface area contributed by atoms with Gasteiger partial charge >= 0.3 is 0 Å².